The summed E-state index contributed by atoms with van der Waals surface area (Å²) < 4.78 is 34.3. The van der Waals surface area contributed by atoms with Gasteiger partial charge in [0, 0.05) is 26.4 Å². The first-order valence-corrected chi connectivity index (χ1v) is 11.0. The zero-order valence-electron chi connectivity index (χ0n) is 18.3. The highest BCUT2D eigenvalue weighted by molar-refractivity contribution is 4.81. The summed E-state index contributed by atoms with van der Waals surface area (Å²) in [6.07, 6.45) is 5.19. The van der Waals surface area contributed by atoms with Crippen molar-refractivity contribution in [2.45, 2.75) is 70.4 Å². The summed E-state index contributed by atoms with van der Waals surface area (Å²) >= 11 is 0. The van der Waals surface area contributed by atoms with E-state index in [4.69, 9.17) is 38.6 Å². The van der Waals surface area contributed by atoms with Gasteiger partial charge < -0.3 is 38.6 Å². The lowest BCUT2D eigenvalue weighted by molar-refractivity contribution is -0.155. The van der Waals surface area contributed by atoms with Crippen LogP contribution < -0.4 is 0 Å². The highest BCUT2D eigenvalue weighted by Gasteiger charge is 2.41. The first kappa shape index (κ1) is 26.7. The van der Waals surface area contributed by atoms with Crippen molar-refractivity contribution in [3.05, 3.63) is 0 Å². The lowest BCUT2D eigenvalue weighted by Crippen LogP contribution is -2.32. The summed E-state index contributed by atoms with van der Waals surface area (Å²) in [5.74, 6) is -0.644. The number of hydrogen-bond acceptors (Lipinski definition) is 8. The normalized spacial score (nSPS) is 21.1. The van der Waals surface area contributed by atoms with Crippen LogP contribution in [0.3, 0.4) is 0 Å². The van der Waals surface area contributed by atoms with Crippen molar-refractivity contribution in [2.24, 2.45) is 0 Å². The fourth-order valence-corrected chi connectivity index (χ4v) is 3.02. The third kappa shape index (κ3) is 14.3. The van der Waals surface area contributed by atoms with Crippen LogP contribution in [0.15, 0.2) is 0 Å². The molecule has 0 bridgehead atoms. The van der Waals surface area contributed by atoms with Crippen molar-refractivity contribution >= 4 is 0 Å². The van der Waals surface area contributed by atoms with Crippen LogP contribution in [0.2, 0.25) is 0 Å². The second kappa shape index (κ2) is 17.4. The van der Waals surface area contributed by atoms with Crippen molar-refractivity contribution in [2.75, 3.05) is 66.1 Å². The van der Waals surface area contributed by atoms with Gasteiger partial charge in [-0.2, -0.15) is 0 Å². The van der Waals surface area contributed by atoms with Crippen LogP contribution in [0.4, 0.5) is 0 Å². The standard InChI is InChI=1S/C21H42O8/c1-21(2)28-19(17-26-15-13-24-11-7-3-5-9-22)20(29-21)18-27-16-14-25-12-8-4-6-10-23/h19-20,22-23H,3-18H2,1-2H3/t19-,20-/m1/s1. The molecule has 0 aliphatic carbocycles. The molecule has 29 heavy (non-hydrogen) atoms. The Kier molecular flexibility index (Phi) is 16.0. The molecule has 1 aliphatic heterocycles. The Morgan fingerprint density at radius 2 is 1.00 bits per heavy atom. The fourth-order valence-electron chi connectivity index (χ4n) is 3.02. The quantitative estimate of drug-likeness (QED) is 0.287. The maximum absolute atomic E-state index is 8.72. The lowest BCUT2D eigenvalue weighted by Gasteiger charge is -2.17. The minimum atomic E-state index is -0.644. The second-order valence-electron chi connectivity index (χ2n) is 7.66. The van der Waals surface area contributed by atoms with Crippen LogP contribution >= 0.6 is 0 Å². The third-order valence-corrected chi connectivity index (χ3v) is 4.49. The molecule has 8 nitrogen and oxygen atoms in total. The molecule has 2 atom stereocenters. The van der Waals surface area contributed by atoms with Crippen molar-refractivity contribution in [3.63, 3.8) is 0 Å². The summed E-state index contributed by atoms with van der Waals surface area (Å²) in [4.78, 5) is 0. The Bertz CT molecular complexity index is 335. The topological polar surface area (TPSA) is 95.8 Å². The van der Waals surface area contributed by atoms with Gasteiger partial charge in [-0.3, -0.25) is 0 Å². The monoisotopic (exact) mass is 422 g/mol. The molecule has 0 aromatic carbocycles. The molecule has 1 saturated heterocycles. The van der Waals surface area contributed by atoms with E-state index in [-0.39, 0.29) is 25.4 Å². The molecular weight excluding hydrogens is 380 g/mol. The van der Waals surface area contributed by atoms with Gasteiger partial charge in [-0.25, -0.2) is 0 Å². The maximum atomic E-state index is 8.72. The summed E-state index contributed by atoms with van der Waals surface area (Å²) in [7, 11) is 0. The smallest absolute Gasteiger partial charge is 0.163 e. The zero-order chi connectivity index (χ0) is 21.2. The molecule has 1 heterocycles. The molecule has 2 N–H and O–H groups in total. The number of unbranched alkanes of at least 4 members (excludes halogenated alkanes) is 4. The van der Waals surface area contributed by atoms with Crippen LogP contribution in [0.1, 0.15) is 52.4 Å². The van der Waals surface area contributed by atoms with Gasteiger partial charge in [0.2, 0.25) is 0 Å². The SMILES string of the molecule is CC1(C)O[C@H](COCCOCCCCCO)[C@@H](COCCOCCCCCO)O1. The number of aliphatic hydroxyl groups excluding tert-OH is 2. The van der Waals surface area contributed by atoms with Gasteiger partial charge in [0.25, 0.3) is 0 Å². The molecule has 1 aliphatic rings. The predicted molar refractivity (Wildman–Crippen MR) is 109 cm³/mol. The molecule has 1 fully saturated rings. The molecule has 0 unspecified atom stereocenters. The number of hydrogen-bond donors (Lipinski definition) is 2. The van der Waals surface area contributed by atoms with Crippen LogP contribution in [0.5, 0.6) is 0 Å². The number of rotatable bonds is 20. The van der Waals surface area contributed by atoms with E-state index in [1.54, 1.807) is 0 Å². The number of ether oxygens (including phenoxy) is 6. The fraction of sp³-hybridized carbons (Fsp3) is 1.00. The first-order valence-electron chi connectivity index (χ1n) is 11.0. The highest BCUT2D eigenvalue weighted by atomic mass is 16.8. The molecule has 0 radical (unpaired) electrons. The molecule has 0 amide bonds. The third-order valence-electron chi connectivity index (χ3n) is 4.49. The van der Waals surface area contributed by atoms with E-state index >= 15 is 0 Å². The predicted octanol–water partition coefficient (Wildman–Crippen LogP) is 1.90. The average Bonchev–Trinajstić information content (AvgIpc) is 2.99. The van der Waals surface area contributed by atoms with E-state index in [1.165, 1.54) is 0 Å². The van der Waals surface area contributed by atoms with E-state index in [0.717, 1.165) is 38.5 Å². The van der Waals surface area contributed by atoms with Gasteiger partial charge in [-0.05, 0) is 52.4 Å². The van der Waals surface area contributed by atoms with Gasteiger partial charge in [0.15, 0.2) is 5.79 Å². The largest absolute Gasteiger partial charge is 0.396 e. The van der Waals surface area contributed by atoms with Crippen molar-refractivity contribution in [1.82, 2.24) is 0 Å². The Morgan fingerprint density at radius 1 is 0.586 bits per heavy atom. The Labute approximate surface area is 175 Å². The Hall–Kier alpha value is -0.320. The maximum Gasteiger partial charge on any atom is 0.163 e. The van der Waals surface area contributed by atoms with Crippen LogP contribution in [-0.2, 0) is 28.4 Å². The molecule has 8 heteroatoms. The Balaban J connectivity index is 2.05. The number of aliphatic hydroxyl groups is 2. The molecule has 174 valence electrons. The van der Waals surface area contributed by atoms with Crippen molar-refractivity contribution in [3.8, 4) is 0 Å². The van der Waals surface area contributed by atoms with Gasteiger partial charge >= 0.3 is 0 Å². The highest BCUT2D eigenvalue weighted by Crippen LogP contribution is 2.28. The minimum absolute atomic E-state index is 0.172. The minimum Gasteiger partial charge on any atom is -0.396 e. The van der Waals surface area contributed by atoms with E-state index in [0.29, 0.717) is 52.9 Å². The molecule has 1 rings (SSSR count). The van der Waals surface area contributed by atoms with E-state index in [2.05, 4.69) is 0 Å². The Morgan fingerprint density at radius 3 is 1.41 bits per heavy atom. The summed E-state index contributed by atoms with van der Waals surface area (Å²) in [5.41, 5.74) is 0. The van der Waals surface area contributed by atoms with Gasteiger partial charge in [-0.15, -0.1) is 0 Å². The van der Waals surface area contributed by atoms with E-state index in [9.17, 15) is 0 Å². The summed E-state index contributed by atoms with van der Waals surface area (Å²) in [6, 6.07) is 0. The molecule has 0 aromatic rings. The second-order valence-corrected chi connectivity index (χ2v) is 7.66. The van der Waals surface area contributed by atoms with Crippen LogP contribution in [-0.4, -0.2) is 94.3 Å². The molecule has 0 aromatic heterocycles. The summed E-state index contributed by atoms with van der Waals surface area (Å²) in [6.45, 7) is 8.66. The molecule has 0 saturated carbocycles. The zero-order valence-corrected chi connectivity index (χ0v) is 18.3. The average molecular weight is 423 g/mol. The van der Waals surface area contributed by atoms with Crippen LogP contribution in [0, 0.1) is 0 Å². The first-order chi connectivity index (χ1) is 14.1. The van der Waals surface area contributed by atoms with Crippen LogP contribution in [0.25, 0.3) is 0 Å². The van der Waals surface area contributed by atoms with Gasteiger partial charge in [0.05, 0.1) is 39.6 Å². The molecule has 0 spiro atoms. The van der Waals surface area contributed by atoms with Gasteiger partial charge in [-0.1, -0.05) is 0 Å². The van der Waals surface area contributed by atoms with Crippen molar-refractivity contribution < 1.29 is 38.6 Å². The van der Waals surface area contributed by atoms with Gasteiger partial charge in [0.1, 0.15) is 12.2 Å². The van der Waals surface area contributed by atoms with E-state index < -0.39 is 5.79 Å². The summed E-state index contributed by atoms with van der Waals surface area (Å²) in [5, 5.41) is 17.4. The van der Waals surface area contributed by atoms with Crippen molar-refractivity contribution in [1.29, 1.82) is 0 Å². The van der Waals surface area contributed by atoms with E-state index in [1.807, 2.05) is 13.8 Å². The lowest BCUT2D eigenvalue weighted by atomic mass is 10.2. The molecular formula is C21H42O8.